The van der Waals surface area contributed by atoms with Gasteiger partial charge >= 0.3 is 0 Å². The highest BCUT2D eigenvalue weighted by atomic mass is 35.5. The lowest BCUT2D eigenvalue weighted by Gasteiger charge is -2.18. The van der Waals surface area contributed by atoms with Gasteiger partial charge in [-0.2, -0.15) is 8.42 Å². The number of alkyl halides is 2. The summed E-state index contributed by atoms with van der Waals surface area (Å²) in [6.07, 6.45) is -0.958. The summed E-state index contributed by atoms with van der Waals surface area (Å²) in [6.45, 7) is 1.87. The Bertz CT molecular complexity index is 683. The molecule has 2 aromatic rings. The monoisotopic (exact) mass is 344 g/mol. The largest absolute Gasteiger partial charge is 0.297 e. The minimum Gasteiger partial charge on any atom is -0.255 e. The van der Waals surface area contributed by atoms with Crippen LogP contribution in [0.4, 0.5) is 0 Å². The number of rotatable bonds is 5. The summed E-state index contributed by atoms with van der Waals surface area (Å²) in [6, 6.07) is 15.2. The molecule has 0 aliphatic heterocycles. The molecule has 0 aliphatic carbocycles. The molecule has 0 aliphatic rings. The lowest BCUT2D eigenvalue weighted by atomic mass is 10.1. The molecule has 1 unspecified atom stereocenters. The summed E-state index contributed by atoms with van der Waals surface area (Å²) in [5.74, 6) is 0. The summed E-state index contributed by atoms with van der Waals surface area (Å²) in [4.78, 5) is -0.935. The molecular weight excluding hydrogens is 331 g/mol. The van der Waals surface area contributed by atoms with E-state index in [1.807, 2.05) is 13.0 Å². The van der Waals surface area contributed by atoms with E-state index in [0.717, 1.165) is 5.56 Å². The van der Waals surface area contributed by atoms with Gasteiger partial charge in [0.1, 0.15) is 10.9 Å². The molecule has 0 bridgehead atoms. The van der Waals surface area contributed by atoms with Crippen LogP contribution in [-0.4, -0.2) is 13.3 Å². The van der Waals surface area contributed by atoms with E-state index in [2.05, 4.69) is 0 Å². The molecule has 21 heavy (non-hydrogen) atoms. The predicted octanol–water partition coefficient (Wildman–Crippen LogP) is 4.25. The molecule has 0 saturated heterocycles. The second kappa shape index (κ2) is 6.79. The van der Waals surface area contributed by atoms with E-state index in [1.54, 1.807) is 36.4 Å². The van der Waals surface area contributed by atoms with Gasteiger partial charge in [-0.15, -0.1) is 23.2 Å². The zero-order valence-electron chi connectivity index (χ0n) is 11.2. The Kier molecular flexibility index (Phi) is 5.27. The summed E-state index contributed by atoms with van der Waals surface area (Å²) < 4.78 is 29.8. The zero-order chi connectivity index (χ0) is 15.5. The van der Waals surface area contributed by atoms with Crippen molar-refractivity contribution >= 4 is 33.3 Å². The van der Waals surface area contributed by atoms with Gasteiger partial charge in [-0.05, 0) is 24.6 Å². The van der Waals surface area contributed by atoms with Crippen LogP contribution in [0, 0.1) is 6.92 Å². The number of aryl methyl sites for hydroxylation is 1. The lowest BCUT2D eigenvalue weighted by molar-refractivity contribution is 0.228. The number of halogens is 2. The highest BCUT2D eigenvalue weighted by Crippen LogP contribution is 2.31. The number of hydrogen-bond acceptors (Lipinski definition) is 3. The van der Waals surface area contributed by atoms with Gasteiger partial charge in [0.15, 0.2) is 0 Å². The first kappa shape index (κ1) is 16.3. The Labute approximate surface area is 134 Å². The highest BCUT2D eigenvalue weighted by molar-refractivity contribution is 7.86. The molecule has 0 saturated carbocycles. The first-order chi connectivity index (χ1) is 9.90. The molecule has 0 N–H and O–H groups in total. The van der Waals surface area contributed by atoms with Gasteiger partial charge in [-0.3, -0.25) is 4.18 Å². The zero-order valence-corrected chi connectivity index (χ0v) is 13.6. The Morgan fingerprint density at radius 1 is 0.952 bits per heavy atom. The second-order valence-electron chi connectivity index (χ2n) is 4.53. The molecule has 0 radical (unpaired) electrons. The van der Waals surface area contributed by atoms with E-state index in [-0.39, 0.29) is 4.90 Å². The first-order valence-electron chi connectivity index (χ1n) is 6.23. The first-order valence-corrected chi connectivity index (χ1v) is 8.51. The van der Waals surface area contributed by atoms with Crippen molar-refractivity contribution in [2.24, 2.45) is 0 Å². The van der Waals surface area contributed by atoms with Crippen LogP contribution in [0.25, 0.3) is 0 Å². The lowest BCUT2D eigenvalue weighted by Crippen LogP contribution is -2.17. The molecule has 1 atom stereocenters. The summed E-state index contributed by atoms with van der Waals surface area (Å²) >= 11 is 11.7. The minimum absolute atomic E-state index is 0.0722. The van der Waals surface area contributed by atoms with Crippen molar-refractivity contribution in [3.8, 4) is 0 Å². The summed E-state index contributed by atoms with van der Waals surface area (Å²) in [7, 11) is -3.94. The molecule has 3 nitrogen and oxygen atoms in total. The van der Waals surface area contributed by atoms with Crippen LogP contribution in [0.1, 0.15) is 17.2 Å². The molecule has 2 rings (SSSR count). The molecule has 2 aromatic carbocycles. The number of benzene rings is 2. The van der Waals surface area contributed by atoms with Crippen molar-refractivity contribution in [3.63, 3.8) is 0 Å². The van der Waals surface area contributed by atoms with Crippen molar-refractivity contribution in [1.29, 1.82) is 0 Å². The van der Waals surface area contributed by atoms with Crippen molar-refractivity contribution in [2.75, 3.05) is 0 Å². The van der Waals surface area contributed by atoms with Crippen LogP contribution < -0.4 is 0 Å². The fourth-order valence-electron chi connectivity index (χ4n) is 1.78. The van der Waals surface area contributed by atoms with Gasteiger partial charge < -0.3 is 0 Å². The molecule has 6 heteroatoms. The fraction of sp³-hybridized carbons (Fsp3) is 0.200. The van der Waals surface area contributed by atoms with Crippen LogP contribution in [0.2, 0.25) is 0 Å². The fourth-order valence-corrected chi connectivity index (χ4v) is 3.37. The molecule has 0 fully saturated rings. The molecular formula is C15H14Cl2O3S. The third kappa shape index (κ3) is 4.20. The van der Waals surface area contributed by atoms with E-state index >= 15 is 0 Å². The topological polar surface area (TPSA) is 43.4 Å². The van der Waals surface area contributed by atoms with E-state index < -0.39 is 21.1 Å². The maximum atomic E-state index is 12.3. The quantitative estimate of drug-likeness (QED) is 0.601. The second-order valence-corrected chi connectivity index (χ2v) is 7.27. The average molecular weight is 345 g/mol. The van der Waals surface area contributed by atoms with Crippen LogP contribution in [0.15, 0.2) is 59.5 Å². The third-order valence-electron chi connectivity index (χ3n) is 2.90. The van der Waals surface area contributed by atoms with Crippen molar-refractivity contribution in [1.82, 2.24) is 0 Å². The van der Waals surface area contributed by atoms with Crippen LogP contribution in [0.5, 0.6) is 0 Å². The third-order valence-corrected chi connectivity index (χ3v) is 4.66. The Balaban J connectivity index is 2.30. The standard InChI is InChI=1S/C15H14Cl2O3S/c1-11-7-9-13(10-8-11)21(18,19)20-14(15(16)17)12-5-3-2-4-6-12/h2-10,14-15H,1H3. The van der Waals surface area contributed by atoms with Crippen molar-refractivity contribution < 1.29 is 12.6 Å². The Hall–Kier alpha value is -1.07. The van der Waals surface area contributed by atoms with E-state index in [4.69, 9.17) is 27.4 Å². The van der Waals surface area contributed by atoms with E-state index in [0.29, 0.717) is 5.56 Å². The smallest absolute Gasteiger partial charge is 0.255 e. The maximum Gasteiger partial charge on any atom is 0.297 e. The SMILES string of the molecule is Cc1ccc(S(=O)(=O)OC(c2ccccc2)C(Cl)Cl)cc1. The van der Waals surface area contributed by atoms with Gasteiger partial charge in [-0.1, -0.05) is 48.0 Å². The van der Waals surface area contributed by atoms with Crippen molar-refractivity contribution in [2.45, 2.75) is 22.8 Å². The Morgan fingerprint density at radius 3 is 2.05 bits per heavy atom. The predicted molar refractivity (Wildman–Crippen MR) is 84.1 cm³/mol. The Morgan fingerprint density at radius 2 is 1.52 bits per heavy atom. The van der Waals surface area contributed by atoms with E-state index in [9.17, 15) is 8.42 Å². The van der Waals surface area contributed by atoms with Gasteiger partial charge in [0.05, 0.1) is 4.90 Å². The number of hydrogen-bond donors (Lipinski definition) is 0. The molecule has 0 heterocycles. The summed E-state index contributed by atoms with van der Waals surface area (Å²) in [5, 5.41) is 0. The van der Waals surface area contributed by atoms with Gasteiger partial charge in [0.2, 0.25) is 0 Å². The molecule has 0 aromatic heterocycles. The van der Waals surface area contributed by atoms with Gasteiger partial charge in [0.25, 0.3) is 10.1 Å². The highest BCUT2D eigenvalue weighted by Gasteiger charge is 2.27. The van der Waals surface area contributed by atoms with Crippen LogP contribution in [0.3, 0.4) is 0 Å². The van der Waals surface area contributed by atoms with Crippen molar-refractivity contribution in [3.05, 3.63) is 65.7 Å². The van der Waals surface area contributed by atoms with Gasteiger partial charge in [0, 0.05) is 0 Å². The molecule has 0 spiro atoms. The summed E-state index contributed by atoms with van der Waals surface area (Å²) in [5.41, 5.74) is 1.56. The maximum absolute atomic E-state index is 12.3. The molecule has 112 valence electrons. The van der Waals surface area contributed by atoms with Crippen LogP contribution in [-0.2, 0) is 14.3 Å². The average Bonchev–Trinajstić information content (AvgIpc) is 2.46. The van der Waals surface area contributed by atoms with E-state index in [1.165, 1.54) is 12.1 Å². The van der Waals surface area contributed by atoms with Gasteiger partial charge in [-0.25, -0.2) is 0 Å². The normalized spacial score (nSPS) is 13.3. The molecule has 0 amide bonds. The minimum atomic E-state index is -3.94. The van der Waals surface area contributed by atoms with Crippen LogP contribution >= 0.6 is 23.2 Å².